The zero-order valence-corrected chi connectivity index (χ0v) is 13.8. The largest absolute Gasteiger partial charge is 0.329 e. The molecule has 0 fully saturated rings. The van der Waals surface area contributed by atoms with Gasteiger partial charge in [0.25, 0.3) is 0 Å². The highest BCUT2D eigenvalue weighted by atomic mass is 79.9. The Balaban J connectivity index is 1.86. The highest BCUT2D eigenvalue weighted by molar-refractivity contribution is 9.11. The van der Waals surface area contributed by atoms with Gasteiger partial charge in [0, 0.05) is 18.0 Å². The van der Waals surface area contributed by atoms with E-state index in [4.69, 9.17) is 5.73 Å². The fourth-order valence-electron chi connectivity index (χ4n) is 2.94. The molecule has 20 heavy (non-hydrogen) atoms. The van der Waals surface area contributed by atoms with E-state index in [9.17, 15) is 0 Å². The van der Waals surface area contributed by atoms with Crippen LogP contribution in [0.3, 0.4) is 0 Å². The van der Waals surface area contributed by atoms with Crippen molar-refractivity contribution in [2.24, 2.45) is 5.73 Å². The van der Waals surface area contributed by atoms with Crippen molar-refractivity contribution in [2.45, 2.75) is 25.4 Å². The van der Waals surface area contributed by atoms with Gasteiger partial charge in [-0.1, -0.05) is 24.3 Å². The lowest BCUT2D eigenvalue weighted by Gasteiger charge is -2.29. The monoisotopic (exact) mass is 350 g/mol. The number of halogens is 1. The van der Waals surface area contributed by atoms with Crippen molar-refractivity contribution in [3.63, 3.8) is 0 Å². The van der Waals surface area contributed by atoms with Crippen molar-refractivity contribution < 1.29 is 0 Å². The van der Waals surface area contributed by atoms with E-state index in [2.05, 4.69) is 57.2 Å². The van der Waals surface area contributed by atoms with Crippen LogP contribution in [0.2, 0.25) is 0 Å². The van der Waals surface area contributed by atoms with Crippen LogP contribution in [0.1, 0.15) is 28.5 Å². The van der Waals surface area contributed by atoms with Crippen LogP contribution in [0.5, 0.6) is 0 Å². The van der Waals surface area contributed by atoms with Gasteiger partial charge >= 0.3 is 0 Å². The third-order valence-electron chi connectivity index (χ3n) is 3.97. The van der Waals surface area contributed by atoms with E-state index in [-0.39, 0.29) is 0 Å². The van der Waals surface area contributed by atoms with Crippen molar-refractivity contribution in [1.29, 1.82) is 0 Å². The van der Waals surface area contributed by atoms with Gasteiger partial charge in [-0.2, -0.15) is 0 Å². The van der Waals surface area contributed by atoms with Crippen LogP contribution in [-0.2, 0) is 13.0 Å². The molecule has 0 amide bonds. The molecule has 3 rings (SSSR count). The van der Waals surface area contributed by atoms with Crippen molar-refractivity contribution >= 4 is 27.3 Å². The topological polar surface area (TPSA) is 29.3 Å². The van der Waals surface area contributed by atoms with Crippen molar-refractivity contribution in [2.75, 3.05) is 13.1 Å². The molecular formula is C16H19BrN2S. The quantitative estimate of drug-likeness (QED) is 0.907. The molecule has 0 saturated heterocycles. The van der Waals surface area contributed by atoms with Gasteiger partial charge in [0.05, 0.1) is 9.83 Å². The summed E-state index contributed by atoms with van der Waals surface area (Å²) in [5.74, 6) is 0. The minimum Gasteiger partial charge on any atom is -0.329 e. The number of nitrogens with zero attached hydrogens (tertiary/aromatic N) is 1. The molecule has 0 bridgehead atoms. The van der Waals surface area contributed by atoms with Crippen LogP contribution in [-0.4, -0.2) is 18.0 Å². The fraction of sp³-hybridized carbons (Fsp3) is 0.375. The second-order valence-electron chi connectivity index (χ2n) is 5.24. The van der Waals surface area contributed by atoms with E-state index in [0.717, 1.165) is 13.1 Å². The number of rotatable bonds is 3. The lowest BCUT2D eigenvalue weighted by Crippen LogP contribution is -2.33. The molecule has 1 aliphatic heterocycles. The lowest BCUT2D eigenvalue weighted by molar-refractivity contribution is 0.198. The number of nitrogens with two attached hydrogens (primary N) is 1. The van der Waals surface area contributed by atoms with Gasteiger partial charge < -0.3 is 5.73 Å². The van der Waals surface area contributed by atoms with Crippen LogP contribution in [0.4, 0.5) is 0 Å². The summed E-state index contributed by atoms with van der Waals surface area (Å²) >= 11 is 5.35. The first kappa shape index (κ1) is 14.3. The number of benzene rings is 1. The second kappa shape index (κ2) is 6.39. The Bertz CT molecular complexity index is 581. The molecule has 0 spiro atoms. The predicted molar refractivity (Wildman–Crippen MR) is 89.0 cm³/mol. The summed E-state index contributed by atoms with van der Waals surface area (Å²) in [6, 6.07) is 13.4. The molecule has 0 aliphatic carbocycles. The van der Waals surface area contributed by atoms with Gasteiger partial charge in [0.2, 0.25) is 0 Å². The van der Waals surface area contributed by atoms with Crippen LogP contribution < -0.4 is 5.73 Å². The van der Waals surface area contributed by atoms with Gasteiger partial charge in [0.1, 0.15) is 0 Å². The van der Waals surface area contributed by atoms with E-state index in [0.29, 0.717) is 12.6 Å². The Hall–Kier alpha value is -0.680. The summed E-state index contributed by atoms with van der Waals surface area (Å²) in [7, 11) is 0. The molecule has 2 nitrogen and oxygen atoms in total. The van der Waals surface area contributed by atoms with Crippen LogP contribution in [0.15, 0.2) is 40.2 Å². The number of aryl methyl sites for hydroxylation is 1. The Kier molecular flexibility index (Phi) is 4.56. The first-order valence-electron chi connectivity index (χ1n) is 7.04. The molecule has 2 aromatic rings. The summed E-state index contributed by atoms with van der Waals surface area (Å²) in [6.45, 7) is 2.80. The van der Waals surface area contributed by atoms with Crippen LogP contribution in [0.25, 0.3) is 0 Å². The van der Waals surface area contributed by atoms with E-state index < -0.39 is 0 Å². The first-order valence-corrected chi connectivity index (χ1v) is 8.65. The average Bonchev–Trinajstić information content (AvgIpc) is 2.76. The summed E-state index contributed by atoms with van der Waals surface area (Å²) in [5.41, 5.74) is 9.02. The van der Waals surface area contributed by atoms with E-state index >= 15 is 0 Å². The Labute approximate surface area is 132 Å². The molecule has 0 saturated carbocycles. The van der Waals surface area contributed by atoms with Crippen LogP contribution >= 0.6 is 27.3 Å². The molecule has 2 heterocycles. The third-order valence-corrected chi connectivity index (χ3v) is 5.69. The average molecular weight is 351 g/mol. The number of fused-ring (bicyclic) bond motifs is 1. The number of hydrogen-bond acceptors (Lipinski definition) is 3. The third kappa shape index (κ3) is 2.98. The van der Waals surface area contributed by atoms with E-state index in [1.165, 1.54) is 32.6 Å². The van der Waals surface area contributed by atoms with Gasteiger partial charge in [-0.15, -0.1) is 11.3 Å². The standard InChI is InChI=1S/C16H19BrN2S/c17-16-8-7-15(20-16)14(10-18)19-9-3-6-12-4-1-2-5-13(12)11-19/h1-2,4-5,7-8,14H,3,6,9-11,18H2. The lowest BCUT2D eigenvalue weighted by atomic mass is 10.0. The smallest absolute Gasteiger partial charge is 0.0702 e. The summed E-state index contributed by atoms with van der Waals surface area (Å²) in [5, 5.41) is 0. The Morgan fingerprint density at radius 2 is 2.00 bits per heavy atom. The second-order valence-corrected chi connectivity index (χ2v) is 7.73. The molecule has 2 N–H and O–H groups in total. The van der Waals surface area contributed by atoms with Crippen LogP contribution in [0, 0.1) is 0 Å². The highest BCUT2D eigenvalue weighted by Crippen LogP contribution is 2.32. The normalized spacial score (nSPS) is 17.5. The zero-order chi connectivity index (χ0) is 13.9. The van der Waals surface area contributed by atoms with E-state index in [1.807, 2.05) is 0 Å². The number of thiophene rings is 1. The van der Waals surface area contributed by atoms with Gasteiger partial charge in [-0.05, 0) is 58.6 Å². The molecule has 4 heteroatoms. The molecule has 1 aromatic heterocycles. The zero-order valence-electron chi connectivity index (χ0n) is 11.4. The number of hydrogen-bond donors (Lipinski definition) is 1. The molecule has 1 unspecified atom stereocenters. The van der Waals surface area contributed by atoms with Crippen molar-refractivity contribution in [1.82, 2.24) is 4.90 Å². The fourth-order valence-corrected chi connectivity index (χ4v) is 4.52. The molecule has 0 radical (unpaired) electrons. The first-order chi connectivity index (χ1) is 9.78. The molecule has 1 aromatic carbocycles. The molecule has 1 atom stereocenters. The van der Waals surface area contributed by atoms with Crippen molar-refractivity contribution in [3.8, 4) is 0 Å². The maximum atomic E-state index is 6.07. The maximum Gasteiger partial charge on any atom is 0.0702 e. The summed E-state index contributed by atoms with van der Waals surface area (Å²) in [4.78, 5) is 3.89. The minimum absolute atomic E-state index is 0.331. The van der Waals surface area contributed by atoms with Crippen molar-refractivity contribution in [3.05, 3.63) is 56.2 Å². The Morgan fingerprint density at radius 1 is 1.20 bits per heavy atom. The summed E-state index contributed by atoms with van der Waals surface area (Å²) in [6.07, 6.45) is 2.39. The van der Waals surface area contributed by atoms with Gasteiger partial charge in [-0.3, -0.25) is 4.90 Å². The Morgan fingerprint density at radius 3 is 2.70 bits per heavy atom. The molecular weight excluding hydrogens is 332 g/mol. The predicted octanol–water partition coefficient (Wildman–Crippen LogP) is 3.96. The minimum atomic E-state index is 0.331. The highest BCUT2D eigenvalue weighted by Gasteiger charge is 2.23. The maximum absolute atomic E-state index is 6.07. The SMILES string of the molecule is NCC(c1ccc(Br)s1)N1CCCc2ccccc2C1. The molecule has 1 aliphatic rings. The van der Waals surface area contributed by atoms with E-state index in [1.54, 1.807) is 11.3 Å². The van der Waals surface area contributed by atoms with Gasteiger partial charge in [-0.25, -0.2) is 0 Å². The summed E-state index contributed by atoms with van der Waals surface area (Å²) < 4.78 is 1.18. The molecule has 106 valence electrons. The van der Waals surface area contributed by atoms with Gasteiger partial charge in [0.15, 0.2) is 0 Å².